The van der Waals surface area contributed by atoms with E-state index in [1.807, 2.05) is 6.92 Å². The zero-order valence-corrected chi connectivity index (χ0v) is 11.5. The van der Waals surface area contributed by atoms with Gasteiger partial charge in [-0.15, -0.1) is 0 Å². The summed E-state index contributed by atoms with van der Waals surface area (Å²) in [5.41, 5.74) is 5.56. The summed E-state index contributed by atoms with van der Waals surface area (Å²) in [4.78, 5) is 23.1. The fraction of sp³-hybridized carbons (Fsp3) is 0.429. The van der Waals surface area contributed by atoms with E-state index in [-0.39, 0.29) is 12.3 Å². The van der Waals surface area contributed by atoms with Crippen LogP contribution in [0.5, 0.6) is 0 Å². The molecule has 0 aliphatic rings. The first-order valence-electron chi connectivity index (χ1n) is 6.37. The molecule has 0 fully saturated rings. The highest BCUT2D eigenvalue weighted by atomic mass is 19.2. The van der Waals surface area contributed by atoms with Gasteiger partial charge >= 0.3 is 0 Å². The fourth-order valence-electron chi connectivity index (χ4n) is 1.79. The minimum Gasteiger partial charge on any atom is -0.368 e. The SMILES string of the molecule is CC[C@@H](C)[C@@H](NC(=O)Cc1ccc(F)c(F)c1)C(N)=O. The Hall–Kier alpha value is -1.98. The first kappa shape index (κ1) is 16.1. The largest absolute Gasteiger partial charge is 0.368 e. The summed E-state index contributed by atoms with van der Waals surface area (Å²) in [6.45, 7) is 3.68. The van der Waals surface area contributed by atoms with Crippen molar-refractivity contribution in [2.45, 2.75) is 32.7 Å². The van der Waals surface area contributed by atoms with Gasteiger partial charge in [0.1, 0.15) is 6.04 Å². The summed E-state index contributed by atoms with van der Waals surface area (Å²) in [7, 11) is 0. The van der Waals surface area contributed by atoms with Gasteiger partial charge in [-0.3, -0.25) is 9.59 Å². The van der Waals surface area contributed by atoms with Crippen LogP contribution in [-0.4, -0.2) is 17.9 Å². The van der Waals surface area contributed by atoms with E-state index in [0.29, 0.717) is 12.0 Å². The summed E-state index contributed by atoms with van der Waals surface area (Å²) in [6, 6.07) is 2.47. The van der Waals surface area contributed by atoms with Gasteiger partial charge in [-0.2, -0.15) is 0 Å². The van der Waals surface area contributed by atoms with Crippen LogP contribution in [0.25, 0.3) is 0 Å². The highest BCUT2D eigenvalue weighted by Gasteiger charge is 2.23. The number of nitrogens with one attached hydrogen (secondary N) is 1. The van der Waals surface area contributed by atoms with E-state index >= 15 is 0 Å². The number of carbonyl (C=O) groups is 2. The molecule has 0 aromatic heterocycles. The van der Waals surface area contributed by atoms with Crippen LogP contribution in [0, 0.1) is 17.6 Å². The Bertz CT molecular complexity index is 506. The van der Waals surface area contributed by atoms with Crippen molar-refractivity contribution in [2.75, 3.05) is 0 Å². The second-order valence-electron chi connectivity index (χ2n) is 4.76. The highest BCUT2D eigenvalue weighted by molar-refractivity contribution is 5.87. The first-order valence-corrected chi connectivity index (χ1v) is 6.37. The van der Waals surface area contributed by atoms with Gasteiger partial charge in [-0.05, 0) is 23.6 Å². The zero-order valence-electron chi connectivity index (χ0n) is 11.5. The predicted molar refractivity (Wildman–Crippen MR) is 70.6 cm³/mol. The van der Waals surface area contributed by atoms with E-state index < -0.39 is 29.5 Å². The lowest BCUT2D eigenvalue weighted by molar-refractivity contribution is -0.128. The molecule has 20 heavy (non-hydrogen) atoms. The molecule has 0 bridgehead atoms. The standard InChI is InChI=1S/C14H18F2N2O2/c1-3-8(2)13(14(17)20)18-12(19)7-9-4-5-10(15)11(16)6-9/h4-6,8,13H,3,7H2,1-2H3,(H2,17,20)(H,18,19)/t8-,13-/m1/s1. The normalized spacial score (nSPS) is 13.6. The molecule has 1 aromatic carbocycles. The van der Waals surface area contributed by atoms with Gasteiger partial charge in [0.2, 0.25) is 11.8 Å². The van der Waals surface area contributed by atoms with Gasteiger partial charge in [0.25, 0.3) is 0 Å². The summed E-state index contributed by atoms with van der Waals surface area (Å²) >= 11 is 0. The molecular formula is C14H18F2N2O2. The third-order valence-corrected chi connectivity index (χ3v) is 3.18. The zero-order chi connectivity index (χ0) is 15.3. The summed E-state index contributed by atoms with van der Waals surface area (Å²) in [5.74, 6) is -3.15. The summed E-state index contributed by atoms with van der Waals surface area (Å²) < 4.78 is 25.8. The molecule has 2 atom stereocenters. The van der Waals surface area contributed by atoms with Gasteiger partial charge in [0, 0.05) is 0 Å². The number of rotatable bonds is 6. The number of carbonyl (C=O) groups excluding carboxylic acids is 2. The molecule has 0 saturated heterocycles. The molecule has 0 spiro atoms. The number of benzene rings is 1. The molecule has 2 amide bonds. The Morgan fingerprint density at radius 1 is 1.30 bits per heavy atom. The monoisotopic (exact) mass is 284 g/mol. The van der Waals surface area contributed by atoms with Crippen LogP contribution in [0.3, 0.4) is 0 Å². The van der Waals surface area contributed by atoms with Crippen LogP contribution >= 0.6 is 0 Å². The Morgan fingerprint density at radius 2 is 1.95 bits per heavy atom. The first-order chi connectivity index (χ1) is 9.35. The summed E-state index contributed by atoms with van der Waals surface area (Å²) in [6.07, 6.45) is 0.538. The Kier molecular flexibility index (Phi) is 5.61. The molecule has 0 unspecified atom stereocenters. The van der Waals surface area contributed by atoms with Gasteiger partial charge in [-0.1, -0.05) is 26.3 Å². The number of primary amides is 1. The summed E-state index contributed by atoms with van der Waals surface area (Å²) in [5, 5.41) is 2.52. The molecule has 0 saturated carbocycles. The lowest BCUT2D eigenvalue weighted by atomic mass is 9.98. The number of nitrogens with two attached hydrogens (primary N) is 1. The van der Waals surface area contributed by atoms with Gasteiger partial charge < -0.3 is 11.1 Å². The highest BCUT2D eigenvalue weighted by Crippen LogP contribution is 2.11. The maximum Gasteiger partial charge on any atom is 0.240 e. The number of hydrogen-bond acceptors (Lipinski definition) is 2. The van der Waals surface area contributed by atoms with Crippen molar-refractivity contribution < 1.29 is 18.4 Å². The van der Waals surface area contributed by atoms with Crippen molar-refractivity contribution in [3.8, 4) is 0 Å². The van der Waals surface area contributed by atoms with Crippen molar-refractivity contribution in [2.24, 2.45) is 11.7 Å². The van der Waals surface area contributed by atoms with E-state index in [9.17, 15) is 18.4 Å². The predicted octanol–water partition coefficient (Wildman–Crippen LogP) is 1.52. The maximum atomic E-state index is 13.0. The van der Waals surface area contributed by atoms with E-state index in [0.717, 1.165) is 12.1 Å². The second-order valence-corrected chi connectivity index (χ2v) is 4.76. The third kappa shape index (κ3) is 4.29. The Labute approximate surface area is 116 Å². The fourth-order valence-corrected chi connectivity index (χ4v) is 1.79. The Morgan fingerprint density at radius 3 is 2.45 bits per heavy atom. The van der Waals surface area contributed by atoms with Crippen LogP contribution in [0.15, 0.2) is 18.2 Å². The number of halogens is 2. The molecular weight excluding hydrogens is 266 g/mol. The smallest absolute Gasteiger partial charge is 0.240 e. The van der Waals surface area contributed by atoms with Crippen molar-refractivity contribution in [1.29, 1.82) is 0 Å². The third-order valence-electron chi connectivity index (χ3n) is 3.18. The van der Waals surface area contributed by atoms with E-state index in [1.54, 1.807) is 6.92 Å². The van der Waals surface area contributed by atoms with Gasteiger partial charge in [0.15, 0.2) is 11.6 Å². The second kappa shape index (κ2) is 6.98. The molecule has 0 aliphatic heterocycles. The minimum absolute atomic E-state index is 0.0959. The van der Waals surface area contributed by atoms with Crippen molar-refractivity contribution in [3.63, 3.8) is 0 Å². The Balaban J connectivity index is 2.70. The number of hydrogen-bond donors (Lipinski definition) is 2. The topological polar surface area (TPSA) is 72.2 Å². The van der Waals surface area contributed by atoms with Gasteiger partial charge in [-0.25, -0.2) is 8.78 Å². The molecule has 0 aliphatic carbocycles. The quantitative estimate of drug-likeness (QED) is 0.831. The minimum atomic E-state index is -1.01. The molecule has 0 radical (unpaired) electrons. The molecule has 0 heterocycles. The molecule has 6 heteroatoms. The average Bonchev–Trinajstić information content (AvgIpc) is 2.39. The molecule has 1 aromatic rings. The van der Waals surface area contributed by atoms with E-state index in [2.05, 4.69) is 5.32 Å². The maximum absolute atomic E-state index is 13.0. The lowest BCUT2D eigenvalue weighted by Crippen LogP contribution is -2.48. The van der Waals surface area contributed by atoms with Gasteiger partial charge in [0.05, 0.1) is 6.42 Å². The molecule has 4 nitrogen and oxygen atoms in total. The van der Waals surface area contributed by atoms with Crippen LogP contribution in [-0.2, 0) is 16.0 Å². The average molecular weight is 284 g/mol. The van der Waals surface area contributed by atoms with Crippen molar-refractivity contribution >= 4 is 11.8 Å². The molecule has 3 N–H and O–H groups in total. The van der Waals surface area contributed by atoms with Crippen LogP contribution in [0.1, 0.15) is 25.8 Å². The van der Waals surface area contributed by atoms with Crippen molar-refractivity contribution in [1.82, 2.24) is 5.32 Å². The molecule has 110 valence electrons. The van der Waals surface area contributed by atoms with Crippen molar-refractivity contribution in [3.05, 3.63) is 35.4 Å². The van der Waals surface area contributed by atoms with Crippen LogP contribution in [0.2, 0.25) is 0 Å². The number of amides is 2. The van der Waals surface area contributed by atoms with E-state index in [1.165, 1.54) is 6.07 Å². The lowest BCUT2D eigenvalue weighted by Gasteiger charge is -2.21. The van der Waals surface area contributed by atoms with Crippen LogP contribution in [0.4, 0.5) is 8.78 Å². The molecule has 1 rings (SSSR count). The van der Waals surface area contributed by atoms with E-state index in [4.69, 9.17) is 5.73 Å². The van der Waals surface area contributed by atoms with Crippen LogP contribution < -0.4 is 11.1 Å².